The molecule has 3 rings (SSSR count). The van der Waals surface area contributed by atoms with E-state index < -0.39 is 0 Å². The monoisotopic (exact) mass is 396 g/mol. The van der Waals surface area contributed by atoms with E-state index in [1.807, 2.05) is 6.07 Å². The Morgan fingerprint density at radius 2 is 2.12 bits per heavy atom. The number of hydrogen-bond acceptors (Lipinski definition) is 3. The Bertz CT molecular complexity index is 627. The summed E-state index contributed by atoms with van der Waals surface area (Å²) >= 11 is 7.59. The van der Waals surface area contributed by atoms with Gasteiger partial charge in [-0.05, 0) is 37.8 Å². The van der Waals surface area contributed by atoms with Gasteiger partial charge in [-0.2, -0.15) is 0 Å². The Balaban J connectivity index is 1.40. The maximum Gasteiger partial charge on any atom is 0.225 e. The van der Waals surface area contributed by atoms with Gasteiger partial charge in [0.05, 0.1) is 4.34 Å². The average molecular weight is 397 g/mol. The molecule has 26 heavy (non-hydrogen) atoms. The van der Waals surface area contributed by atoms with Crippen molar-refractivity contribution in [1.29, 1.82) is 0 Å². The van der Waals surface area contributed by atoms with Gasteiger partial charge in [0.2, 0.25) is 5.91 Å². The van der Waals surface area contributed by atoms with Crippen molar-refractivity contribution in [1.82, 2.24) is 15.5 Å². The van der Waals surface area contributed by atoms with Gasteiger partial charge in [0.15, 0.2) is 5.96 Å². The number of guanidine groups is 1. The second-order valence-corrected chi connectivity index (χ2v) is 9.00. The highest BCUT2D eigenvalue weighted by molar-refractivity contribution is 7.16. The zero-order valence-electron chi connectivity index (χ0n) is 15.5. The molecule has 1 saturated heterocycles. The minimum atomic E-state index is 0.262. The highest BCUT2D eigenvalue weighted by Crippen LogP contribution is 2.26. The van der Waals surface area contributed by atoms with Crippen LogP contribution in [0.5, 0.6) is 0 Å². The van der Waals surface area contributed by atoms with Gasteiger partial charge in [-0.15, -0.1) is 11.3 Å². The van der Waals surface area contributed by atoms with E-state index in [9.17, 15) is 4.79 Å². The van der Waals surface area contributed by atoms with E-state index in [0.717, 1.165) is 55.6 Å². The molecule has 2 fully saturated rings. The molecule has 1 aliphatic carbocycles. The van der Waals surface area contributed by atoms with Gasteiger partial charge in [0.1, 0.15) is 0 Å². The lowest BCUT2D eigenvalue weighted by atomic mass is 9.88. The molecule has 1 aromatic heterocycles. The van der Waals surface area contributed by atoms with E-state index in [-0.39, 0.29) is 12.0 Å². The van der Waals surface area contributed by atoms with Crippen LogP contribution in [0.4, 0.5) is 0 Å². The predicted molar refractivity (Wildman–Crippen MR) is 109 cm³/mol. The largest absolute Gasteiger partial charge is 0.356 e. The molecule has 5 nitrogen and oxygen atoms in total. The molecule has 0 bridgehead atoms. The third kappa shape index (κ3) is 5.36. The standard InChI is InChI=1S/C19H29ClN4OS/c1-21-19(22-11-9-16-7-8-17(20)26-16)23-15-10-12-24(13-15)18(25)14-5-3-2-4-6-14/h7-8,14-15H,2-6,9-13H2,1H3,(H2,21,22,23). The quantitative estimate of drug-likeness (QED) is 0.593. The summed E-state index contributed by atoms with van der Waals surface area (Å²) in [7, 11) is 1.79. The van der Waals surface area contributed by atoms with Gasteiger partial charge >= 0.3 is 0 Å². The molecular weight excluding hydrogens is 368 g/mol. The van der Waals surface area contributed by atoms with Crippen molar-refractivity contribution in [3.8, 4) is 0 Å². The normalized spacial score (nSPS) is 21.8. The fraction of sp³-hybridized carbons (Fsp3) is 0.684. The van der Waals surface area contributed by atoms with Crippen LogP contribution in [0.15, 0.2) is 17.1 Å². The van der Waals surface area contributed by atoms with Crippen LogP contribution in [0.25, 0.3) is 0 Å². The summed E-state index contributed by atoms with van der Waals surface area (Å²) in [4.78, 5) is 20.3. The molecule has 2 heterocycles. The molecule has 1 unspecified atom stereocenters. The molecule has 0 spiro atoms. The molecule has 7 heteroatoms. The van der Waals surface area contributed by atoms with E-state index in [0.29, 0.717) is 5.91 Å². The van der Waals surface area contributed by atoms with Crippen molar-refractivity contribution in [3.63, 3.8) is 0 Å². The minimum Gasteiger partial charge on any atom is -0.356 e. The Labute approximate surface area is 165 Å². The SMILES string of the molecule is CN=C(NCCc1ccc(Cl)s1)NC1CCN(C(=O)C2CCCCC2)C1. The van der Waals surface area contributed by atoms with E-state index >= 15 is 0 Å². The summed E-state index contributed by atoms with van der Waals surface area (Å²) in [5.74, 6) is 1.44. The first-order chi connectivity index (χ1) is 12.7. The van der Waals surface area contributed by atoms with Crippen LogP contribution in [0.1, 0.15) is 43.4 Å². The Morgan fingerprint density at radius 3 is 2.81 bits per heavy atom. The number of rotatable bonds is 5. The lowest BCUT2D eigenvalue weighted by molar-refractivity contribution is -0.135. The fourth-order valence-electron chi connectivity index (χ4n) is 3.86. The molecule has 144 valence electrons. The molecule has 1 aromatic rings. The summed E-state index contributed by atoms with van der Waals surface area (Å²) in [5.41, 5.74) is 0. The van der Waals surface area contributed by atoms with Gasteiger partial charge in [0, 0.05) is 43.5 Å². The zero-order valence-corrected chi connectivity index (χ0v) is 17.0. The summed E-state index contributed by atoms with van der Waals surface area (Å²) in [6.07, 6.45) is 7.75. The van der Waals surface area contributed by atoms with Crippen molar-refractivity contribution >= 4 is 34.8 Å². The van der Waals surface area contributed by atoms with Crippen molar-refractivity contribution in [3.05, 3.63) is 21.3 Å². The maximum absolute atomic E-state index is 12.7. The molecule has 1 atom stereocenters. The summed E-state index contributed by atoms with van der Waals surface area (Å²) in [6, 6.07) is 4.28. The van der Waals surface area contributed by atoms with Gasteiger partial charge in [0.25, 0.3) is 0 Å². The van der Waals surface area contributed by atoms with Crippen LogP contribution >= 0.6 is 22.9 Å². The smallest absolute Gasteiger partial charge is 0.225 e. The first-order valence-corrected chi connectivity index (χ1v) is 10.9. The fourth-order valence-corrected chi connectivity index (χ4v) is 4.95. The highest BCUT2D eigenvalue weighted by Gasteiger charge is 2.31. The number of nitrogens with one attached hydrogen (secondary N) is 2. The minimum absolute atomic E-state index is 0.262. The molecule has 2 N–H and O–H groups in total. The summed E-state index contributed by atoms with van der Waals surface area (Å²) < 4.78 is 0.830. The molecule has 2 aliphatic rings. The first-order valence-electron chi connectivity index (χ1n) is 9.66. The van der Waals surface area contributed by atoms with Gasteiger partial charge in [-0.1, -0.05) is 30.9 Å². The molecule has 1 saturated carbocycles. The molecular formula is C19H29ClN4OS. The topological polar surface area (TPSA) is 56.7 Å². The number of halogens is 1. The third-order valence-electron chi connectivity index (χ3n) is 5.31. The summed E-state index contributed by atoms with van der Waals surface area (Å²) in [6.45, 7) is 2.46. The number of hydrogen-bond donors (Lipinski definition) is 2. The lowest BCUT2D eigenvalue weighted by Gasteiger charge is -2.26. The van der Waals surface area contributed by atoms with Crippen LogP contribution < -0.4 is 10.6 Å². The Morgan fingerprint density at radius 1 is 1.31 bits per heavy atom. The maximum atomic E-state index is 12.7. The number of aliphatic imine (C=N–C) groups is 1. The van der Waals surface area contributed by atoms with E-state index in [4.69, 9.17) is 11.6 Å². The number of thiophene rings is 1. The Hall–Kier alpha value is -1.27. The van der Waals surface area contributed by atoms with Crippen LogP contribution in [0.3, 0.4) is 0 Å². The Kier molecular flexibility index (Phi) is 7.20. The first kappa shape index (κ1) is 19.5. The van der Waals surface area contributed by atoms with E-state index in [1.165, 1.54) is 24.1 Å². The van der Waals surface area contributed by atoms with E-state index in [2.05, 4.69) is 26.6 Å². The predicted octanol–water partition coefficient (Wildman–Crippen LogP) is 3.29. The van der Waals surface area contributed by atoms with Crippen LogP contribution in [0, 0.1) is 5.92 Å². The van der Waals surface area contributed by atoms with Gasteiger partial charge in [-0.25, -0.2) is 0 Å². The number of amides is 1. The van der Waals surface area contributed by atoms with E-state index in [1.54, 1.807) is 18.4 Å². The second-order valence-electron chi connectivity index (χ2n) is 7.20. The summed E-state index contributed by atoms with van der Waals surface area (Å²) in [5, 5.41) is 6.83. The number of nitrogens with zero attached hydrogens (tertiary/aromatic N) is 2. The van der Waals surface area contributed by atoms with Crippen LogP contribution in [0.2, 0.25) is 4.34 Å². The van der Waals surface area contributed by atoms with Crippen molar-refractivity contribution in [2.24, 2.45) is 10.9 Å². The molecule has 1 amide bonds. The number of likely N-dealkylation sites (tertiary alicyclic amines) is 1. The van der Waals surface area contributed by atoms with Crippen LogP contribution in [-0.2, 0) is 11.2 Å². The van der Waals surface area contributed by atoms with Crippen molar-refractivity contribution < 1.29 is 4.79 Å². The molecule has 0 aromatic carbocycles. The zero-order chi connectivity index (χ0) is 18.4. The van der Waals surface area contributed by atoms with Crippen molar-refractivity contribution in [2.75, 3.05) is 26.7 Å². The lowest BCUT2D eigenvalue weighted by Crippen LogP contribution is -2.46. The molecule has 0 radical (unpaired) electrons. The average Bonchev–Trinajstić information content (AvgIpc) is 3.30. The van der Waals surface area contributed by atoms with Gasteiger partial charge in [-0.3, -0.25) is 9.79 Å². The second kappa shape index (κ2) is 9.60. The van der Waals surface area contributed by atoms with Crippen molar-refractivity contribution in [2.45, 2.75) is 51.0 Å². The molecule has 1 aliphatic heterocycles. The number of carbonyl (C=O) groups is 1. The van der Waals surface area contributed by atoms with Gasteiger partial charge < -0.3 is 15.5 Å². The highest BCUT2D eigenvalue weighted by atomic mass is 35.5. The third-order valence-corrected chi connectivity index (χ3v) is 6.60. The van der Waals surface area contributed by atoms with Crippen LogP contribution in [-0.4, -0.2) is 49.5 Å². The number of carbonyl (C=O) groups excluding carboxylic acids is 1.